The highest BCUT2D eigenvalue weighted by atomic mass is 16.6. The number of fused-ring (bicyclic) bond motifs is 1. The molecule has 0 aliphatic rings. The molecule has 0 radical (unpaired) electrons. The van der Waals surface area contributed by atoms with E-state index in [1.807, 2.05) is 52.0 Å². The second kappa shape index (κ2) is 12.3. The van der Waals surface area contributed by atoms with E-state index in [1.165, 1.54) is 11.7 Å². The van der Waals surface area contributed by atoms with Crippen LogP contribution in [0.15, 0.2) is 30.5 Å². The molecule has 1 N–H and O–H groups in total. The van der Waals surface area contributed by atoms with Gasteiger partial charge in [-0.1, -0.05) is 31.0 Å². The Kier molecular flexibility index (Phi) is 9.75. The highest BCUT2D eigenvalue weighted by Gasteiger charge is 2.18. The average Bonchev–Trinajstić information content (AvgIpc) is 3.10. The maximum absolute atomic E-state index is 12.7. The molecule has 0 saturated carbocycles. The van der Waals surface area contributed by atoms with Gasteiger partial charge in [0.15, 0.2) is 0 Å². The number of benzene rings is 1. The molecular weight excluding hydrogens is 424 g/mol. The minimum atomic E-state index is -0.493. The Labute approximate surface area is 195 Å². The van der Waals surface area contributed by atoms with Crippen molar-refractivity contribution in [2.75, 3.05) is 13.7 Å². The molecule has 182 valence electrons. The van der Waals surface area contributed by atoms with Crippen LogP contribution in [0.3, 0.4) is 0 Å². The maximum Gasteiger partial charge on any atom is 0.418 e. The standard InChI is InChI=1S/C25H36N2O6/c1-18(12-8-6-7-11-15-26-23(29)33-25(2,3)4)32-24(30)27-17-19(16-22(28)31-5)20-13-9-10-14-21(20)27/h9-10,13-14,17-18H,6-8,11-12,15-16H2,1-5H3,(H,26,29). The number of esters is 1. The summed E-state index contributed by atoms with van der Waals surface area (Å²) >= 11 is 0. The van der Waals surface area contributed by atoms with Crippen molar-refractivity contribution < 1.29 is 28.6 Å². The van der Waals surface area contributed by atoms with Crippen molar-refractivity contribution in [2.24, 2.45) is 0 Å². The Morgan fingerprint density at radius 1 is 1.06 bits per heavy atom. The van der Waals surface area contributed by atoms with Crippen LogP contribution >= 0.6 is 0 Å². The predicted molar refractivity (Wildman–Crippen MR) is 126 cm³/mol. The summed E-state index contributed by atoms with van der Waals surface area (Å²) in [5, 5.41) is 3.58. The zero-order valence-electron chi connectivity index (χ0n) is 20.3. The van der Waals surface area contributed by atoms with Crippen LogP contribution in [0.2, 0.25) is 0 Å². The van der Waals surface area contributed by atoms with Crippen molar-refractivity contribution in [3.63, 3.8) is 0 Å². The van der Waals surface area contributed by atoms with Crippen molar-refractivity contribution in [2.45, 2.75) is 77.9 Å². The Bertz CT molecular complexity index is 944. The maximum atomic E-state index is 12.7. The second-order valence-corrected chi connectivity index (χ2v) is 9.12. The molecule has 0 spiro atoms. The lowest BCUT2D eigenvalue weighted by Crippen LogP contribution is -2.32. The lowest BCUT2D eigenvalue weighted by molar-refractivity contribution is -0.139. The summed E-state index contributed by atoms with van der Waals surface area (Å²) in [5.74, 6) is -0.360. The number of aromatic nitrogens is 1. The Hall–Kier alpha value is -3.03. The summed E-state index contributed by atoms with van der Waals surface area (Å²) < 4.78 is 17.0. The van der Waals surface area contributed by atoms with Crippen molar-refractivity contribution in [1.82, 2.24) is 9.88 Å². The van der Waals surface area contributed by atoms with Gasteiger partial charge in [-0.3, -0.25) is 9.36 Å². The number of nitrogens with zero attached hydrogens (tertiary/aromatic N) is 1. The fraction of sp³-hybridized carbons (Fsp3) is 0.560. The molecular formula is C25H36N2O6. The third-order valence-electron chi connectivity index (χ3n) is 5.06. The molecule has 8 heteroatoms. The SMILES string of the molecule is COC(=O)Cc1cn(C(=O)OC(C)CCCCCCNC(=O)OC(C)(C)C)c2ccccc12. The molecule has 0 saturated heterocycles. The zero-order chi connectivity index (χ0) is 24.4. The van der Waals surface area contributed by atoms with E-state index in [1.54, 1.807) is 6.20 Å². The van der Waals surface area contributed by atoms with Crippen LogP contribution in [0.1, 0.15) is 65.4 Å². The summed E-state index contributed by atoms with van der Waals surface area (Å²) in [6, 6.07) is 7.41. The molecule has 0 aliphatic heterocycles. The van der Waals surface area contributed by atoms with Gasteiger partial charge < -0.3 is 19.5 Å². The van der Waals surface area contributed by atoms with Gasteiger partial charge in [-0.2, -0.15) is 0 Å². The van der Waals surface area contributed by atoms with Gasteiger partial charge in [0.05, 0.1) is 19.0 Å². The smallest absolute Gasteiger partial charge is 0.418 e. The van der Waals surface area contributed by atoms with Crippen molar-refractivity contribution in [3.05, 3.63) is 36.0 Å². The zero-order valence-corrected chi connectivity index (χ0v) is 20.3. The minimum Gasteiger partial charge on any atom is -0.469 e. The third-order valence-corrected chi connectivity index (χ3v) is 5.06. The largest absolute Gasteiger partial charge is 0.469 e. The van der Waals surface area contributed by atoms with Crippen molar-refractivity contribution in [1.29, 1.82) is 0 Å². The molecule has 1 aromatic carbocycles. The predicted octanol–water partition coefficient (Wildman–Crippen LogP) is 5.21. The highest BCUT2D eigenvalue weighted by molar-refractivity contribution is 5.94. The van der Waals surface area contributed by atoms with Crippen molar-refractivity contribution >= 4 is 29.1 Å². The molecule has 1 unspecified atom stereocenters. The summed E-state index contributed by atoms with van der Waals surface area (Å²) in [6.07, 6.45) is 5.13. The van der Waals surface area contributed by atoms with E-state index in [-0.39, 0.29) is 18.5 Å². The van der Waals surface area contributed by atoms with Gasteiger partial charge in [0, 0.05) is 18.1 Å². The van der Waals surface area contributed by atoms with E-state index < -0.39 is 17.8 Å². The minimum absolute atomic E-state index is 0.0929. The lowest BCUT2D eigenvalue weighted by Gasteiger charge is -2.19. The number of para-hydroxylation sites is 1. The number of rotatable bonds is 10. The third kappa shape index (κ3) is 8.79. The fourth-order valence-electron chi connectivity index (χ4n) is 3.47. The van der Waals surface area contributed by atoms with Crippen LogP contribution in [-0.2, 0) is 25.4 Å². The molecule has 2 rings (SSSR count). The number of nitrogens with one attached hydrogen (secondary N) is 1. The molecule has 1 aromatic heterocycles. The van der Waals surface area contributed by atoms with Crippen molar-refractivity contribution in [3.8, 4) is 0 Å². The van der Waals surface area contributed by atoms with E-state index in [4.69, 9.17) is 14.2 Å². The molecule has 8 nitrogen and oxygen atoms in total. The quantitative estimate of drug-likeness (QED) is 0.297. The van der Waals surface area contributed by atoms with Crippen LogP contribution in [0.4, 0.5) is 9.59 Å². The summed E-state index contributed by atoms with van der Waals surface area (Å²) in [4.78, 5) is 36.1. The number of methoxy groups -OCH3 is 1. The molecule has 2 aromatic rings. The number of carbonyl (C=O) groups excluding carboxylic acids is 3. The second-order valence-electron chi connectivity index (χ2n) is 9.12. The van der Waals surface area contributed by atoms with Gasteiger partial charge in [-0.25, -0.2) is 9.59 Å². The average molecular weight is 461 g/mol. The van der Waals surface area contributed by atoms with Gasteiger partial charge in [-0.05, 0) is 58.6 Å². The van der Waals surface area contributed by atoms with Crippen LogP contribution in [-0.4, -0.2) is 48.1 Å². The van der Waals surface area contributed by atoms with Crippen LogP contribution in [0.5, 0.6) is 0 Å². The molecule has 1 atom stereocenters. The number of amides is 1. The first-order valence-electron chi connectivity index (χ1n) is 11.4. The molecule has 1 heterocycles. The van der Waals surface area contributed by atoms with E-state index in [9.17, 15) is 14.4 Å². The molecule has 33 heavy (non-hydrogen) atoms. The van der Waals surface area contributed by atoms with Gasteiger partial charge in [0.1, 0.15) is 11.7 Å². The Morgan fingerprint density at radius 2 is 1.76 bits per heavy atom. The molecule has 0 fully saturated rings. The number of ether oxygens (including phenoxy) is 3. The highest BCUT2D eigenvalue weighted by Crippen LogP contribution is 2.23. The summed E-state index contributed by atoms with van der Waals surface area (Å²) in [7, 11) is 1.34. The summed E-state index contributed by atoms with van der Waals surface area (Å²) in [6.45, 7) is 7.96. The van der Waals surface area contributed by atoms with E-state index in [2.05, 4.69) is 5.32 Å². The number of hydrogen-bond donors (Lipinski definition) is 1. The number of carbonyl (C=O) groups is 3. The van der Waals surface area contributed by atoms with E-state index in [0.717, 1.165) is 43.1 Å². The number of unbranched alkanes of at least 4 members (excludes halogenated alkanes) is 3. The Morgan fingerprint density at radius 3 is 2.45 bits per heavy atom. The van der Waals surface area contributed by atoms with Crippen LogP contribution < -0.4 is 5.32 Å². The van der Waals surface area contributed by atoms with Gasteiger partial charge in [0.25, 0.3) is 0 Å². The van der Waals surface area contributed by atoms with Gasteiger partial charge in [-0.15, -0.1) is 0 Å². The van der Waals surface area contributed by atoms with Gasteiger partial charge >= 0.3 is 18.2 Å². The first-order chi connectivity index (χ1) is 15.6. The first kappa shape index (κ1) is 26.2. The molecule has 0 aliphatic carbocycles. The van der Waals surface area contributed by atoms with Crippen LogP contribution in [0.25, 0.3) is 10.9 Å². The Balaban J connectivity index is 1.75. The monoisotopic (exact) mass is 460 g/mol. The lowest BCUT2D eigenvalue weighted by atomic mass is 10.1. The van der Waals surface area contributed by atoms with E-state index in [0.29, 0.717) is 12.1 Å². The molecule has 1 amide bonds. The topological polar surface area (TPSA) is 95.9 Å². The van der Waals surface area contributed by atoms with Crippen LogP contribution in [0, 0.1) is 0 Å². The molecule has 0 bridgehead atoms. The van der Waals surface area contributed by atoms with E-state index >= 15 is 0 Å². The fourth-order valence-corrected chi connectivity index (χ4v) is 3.47. The first-order valence-corrected chi connectivity index (χ1v) is 11.4. The number of alkyl carbamates (subject to hydrolysis) is 1. The number of hydrogen-bond acceptors (Lipinski definition) is 6. The summed E-state index contributed by atoms with van der Waals surface area (Å²) in [5.41, 5.74) is 0.932. The van der Waals surface area contributed by atoms with Gasteiger partial charge in [0.2, 0.25) is 0 Å². The normalized spacial score (nSPS) is 12.3.